The summed E-state index contributed by atoms with van der Waals surface area (Å²) in [6, 6.07) is 7.29. The second-order valence-corrected chi connectivity index (χ2v) is 3.25. The lowest BCUT2D eigenvalue weighted by molar-refractivity contribution is 0.0999. The number of carbonyl (C=O) groups is 1. The molecule has 1 amide bonds. The highest BCUT2D eigenvalue weighted by molar-refractivity contribution is 5.94. The predicted molar refractivity (Wildman–Crippen MR) is 58.6 cm³/mol. The number of amides is 1. The summed E-state index contributed by atoms with van der Waals surface area (Å²) < 4.78 is 0. The highest BCUT2D eigenvalue weighted by atomic mass is 16.3. The average molecular weight is 208 g/mol. The van der Waals surface area contributed by atoms with Crippen LogP contribution in [0, 0.1) is 0 Å². The fourth-order valence-electron chi connectivity index (χ4n) is 1.41. The maximum Gasteiger partial charge on any atom is 0.248 e. The third-order valence-electron chi connectivity index (χ3n) is 2.14. The number of nitrogens with two attached hydrogens (primary N) is 1. The quantitative estimate of drug-likeness (QED) is 0.572. The number of rotatable bonds is 6. The summed E-state index contributed by atoms with van der Waals surface area (Å²) >= 11 is 0. The van der Waals surface area contributed by atoms with E-state index < -0.39 is 5.91 Å². The maximum absolute atomic E-state index is 11.1. The van der Waals surface area contributed by atoms with E-state index in [2.05, 4.69) is 5.32 Å². The molecule has 0 unspecified atom stereocenters. The van der Waals surface area contributed by atoms with Crippen LogP contribution in [0.4, 0.5) is 0 Å². The van der Waals surface area contributed by atoms with Crippen molar-refractivity contribution in [1.29, 1.82) is 0 Å². The van der Waals surface area contributed by atoms with Crippen molar-refractivity contribution in [1.82, 2.24) is 5.32 Å². The van der Waals surface area contributed by atoms with Gasteiger partial charge in [0.2, 0.25) is 5.91 Å². The van der Waals surface area contributed by atoms with Crippen molar-refractivity contribution < 1.29 is 9.90 Å². The SMILES string of the molecule is NC(=O)c1ccccc1CCNCCO. The maximum atomic E-state index is 11.1. The Hall–Kier alpha value is -1.39. The van der Waals surface area contributed by atoms with Crippen LogP contribution in [-0.2, 0) is 6.42 Å². The molecule has 0 aliphatic heterocycles. The van der Waals surface area contributed by atoms with Crippen molar-refractivity contribution in [3.05, 3.63) is 35.4 Å². The number of benzene rings is 1. The number of hydrogen-bond donors (Lipinski definition) is 3. The summed E-state index contributed by atoms with van der Waals surface area (Å²) in [4.78, 5) is 11.1. The monoisotopic (exact) mass is 208 g/mol. The zero-order valence-electron chi connectivity index (χ0n) is 8.57. The van der Waals surface area contributed by atoms with E-state index in [1.165, 1.54) is 0 Å². The van der Waals surface area contributed by atoms with Crippen molar-refractivity contribution in [3.8, 4) is 0 Å². The minimum Gasteiger partial charge on any atom is -0.395 e. The molecule has 0 saturated heterocycles. The summed E-state index contributed by atoms with van der Waals surface area (Å²) in [7, 11) is 0. The van der Waals surface area contributed by atoms with Crippen LogP contribution < -0.4 is 11.1 Å². The summed E-state index contributed by atoms with van der Waals surface area (Å²) in [5, 5.41) is 11.6. The molecule has 0 radical (unpaired) electrons. The molecule has 15 heavy (non-hydrogen) atoms. The molecule has 0 fully saturated rings. The Labute approximate surface area is 89.1 Å². The molecule has 0 aliphatic carbocycles. The molecule has 82 valence electrons. The van der Waals surface area contributed by atoms with Crippen LogP contribution >= 0.6 is 0 Å². The fourth-order valence-corrected chi connectivity index (χ4v) is 1.41. The van der Waals surface area contributed by atoms with Crippen molar-refractivity contribution in [3.63, 3.8) is 0 Å². The standard InChI is InChI=1S/C11H16N2O2/c12-11(15)10-4-2-1-3-9(10)5-6-13-7-8-14/h1-4,13-14H,5-8H2,(H2,12,15). The Bertz CT molecular complexity index is 326. The van der Waals surface area contributed by atoms with Crippen LogP contribution in [0.2, 0.25) is 0 Å². The van der Waals surface area contributed by atoms with E-state index in [9.17, 15) is 4.79 Å². The van der Waals surface area contributed by atoms with Gasteiger partial charge in [-0.15, -0.1) is 0 Å². The molecular formula is C11H16N2O2. The molecule has 0 aromatic heterocycles. The summed E-state index contributed by atoms with van der Waals surface area (Å²) in [6.45, 7) is 1.42. The van der Waals surface area contributed by atoms with Gasteiger partial charge in [0.15, 0.2) is 0 Å². The largest absolute Gasteiger partial charge is 0.395 e. The number of aliphatic hydroxyl groups excluding tert-OH is 1. The van der Waals surface area contributed by atoms with Gasteiger partial charge < -0.3 is 16.2 Å². The second-order valence-electron chi connectivity index (χ2n) is 3.25. The highest BCUT2D eigenvalue weighted by Gasteiger charge is 2.05. The van der Waals surface area contributed by atoms with Crippen molar-refractivity contribution >= 4 is 5.91 Å². The smallest absolute Gasteiger partial charge is 0.248 e. The number of carbonyl (C=O) groups excluding carboxylic acids is 1. The van der Waals surface area contributed by atoms with Gasteiger partial charge >= 0.3 is 0 Å². The number of nitrogens with one attached hydrogen (secondary N) is 1. The first-order valence-electron chi connectivity index (χ1n) is 4.95. The first kappa shape index (κ1) is 11.7. The second kappa shape index (κ2) is 6.16. The normalized spacial score (nSPS) is 10.2. The molecular weight excluding hydrogens is 192 g/mol. The molecule has 0 heterocycles. The van der Waals surface area contributed by atoms with E-state index in [0.717, 1.165) is 18.5 Å². The van der Waals surface area contributed by atoms with Gasteiger partial charge in [-0.1, -0.05) is 18.2 Å². The van der Waals surface area contributed by atoms with Gasteiger partial charge in [0.1, 0.15) is 0 Å². The zero-order chi connectivity index (χ0) is 11.1. The van der Waals surface area contributed by atoms with E-state index in [1.54, 1.807) is 12.1 Å². The van der Waals surface area contributed by atoms with E-state index in [0.29, 0.717) is 12.1 Å². The van der Waals surface area contributed by atoms with Crippen LogP contribution in [-0.4, -0.2) is 30.7 Å². The van der Waals surface area contributed by atoms with Gasteiger partial charge in [-0.2, -0.15) is 0 Å². The summed E-state index contributed by atoms with van der Waals surface area (Å²) in [6.07, 6.45) is 0.735. The number of primary amides is 1. The van der Waals surface area contributed by atoms with Crippen LogP contribution in [0.15, 0.2) is 24.3 Å². The molecule has 4 nitrogen and oxygen atoms in total. The molecule has 0 saturated carbocycles. The van der Waals surface area contributed by atoms with E-state index >= 15 is 0 Å². The van der Waals surface area contributed by atoms with E-state index in [4.69, 9.17) is 10.8 Å². The molecule has 0 spiro atoms. The van der Waals surface area contributed by atoms with E-state index in [1.807, 2.05) is 12.1 Å². The van der Waals surface area contributed by atoms with Gasteiger partial charge in [-0.05, 0) is 24.6 Å². The summed E-state index contributed by atoms with van der Waals surface area (Å²) in [5.41, 5.74) is 6.76. The first-order chi connectivity index (χ1) is 7.25. The predicted octanol–water partition coefficient (Wildman–Crippen LogP) is -0.0901. The number of aliphatic hydroxyl groups is 1. The lowest BCUT2D eigenvalue weighted by atomic mass is 10.0. The average Bonchev–Trinajstić information content (AvgIpc) is 2.25. The third kappa shape index (κ3) is 3.69. The topological polar surface area (TPSA) is 75.4 Å². The first-order valence-corrected chi connectivity index (χ1v) is 4.95. The molecule has 0 atom stereocenters. The van der Waals surface area contributed by atoms with Gasteiger partial charge in [0.25, 0.3) is 0 Å². The molecule has 1 aromatic rings. The van der Waals surface area contributed by atoms with Crippen molar-refractivity contribution in [2.24, 2.45) is 5.73 Å². The molecule has 0 aliphatic rings. The van der Waals surface area contributed by atoms with Gasteiger partial charge in [-0.25, -0.2) is 0 Å². The van der Waals surface area contributed by atoms with E-state index in [-0.39, 0.29) is 6.61 Å². The van der Waals surface area contributed by atoms with Crippen LogP contribution in [0.3, 0.4) is 0 Å². The molecule has 0 bridgehead atoms. The fraction of sp³-hybridized carbons (Fsp3) is 0.364. The molecule has 1 aromatic carbocycles. The molecule has 1 rings (SSSR count). The van der Waals surface area contributed by atoms with Gasteiger partial charge in [-0.3, -0.25) is 4.79 Å². The lowest BCUT2D eigenvalue weighted by Crippen LogP contribution is -2.22. The Morgan fingerprint density at radius 1 is 1.33 bits per heavy atom. The minimum absolute atomic E-state index is 0.122. The van der Waals surface area contributed by atoms with Gasteiger partial charge in [0, 0.05) is 12.1 Å². The highest BCUT2D eigenvalue weighted by Crippen LogP contribution is 2.07. The molecule has 4 N–H and O–H groups in total. The Morgan fingerprint density at radius 2 is 2.07 bits per heavy atom. The lowest BCUT2D eigenvalue weighted by Gasteiger charge is -2.06. The third-order valence-corrected chi connectivity index (χ3v) is 2.14. The number of hydrogen-bond acceptors (Lipinski definition) is 3. The van der Waals surface area contributed by atoms with Crippen LogP contribution in [0.1, 0.15) is 15.9 Å². The zero-order valence-corrected chi connectivity index (χ0v) is 8.57. The van der Waals surface area contributed by atoms with Crippen molar-refractivity contribution in [2.45, 2.75) is 6.42 Å². The minimum atomic E-state index is -0.396. The van der Waals surface area contributed by atoms with Gasteiger partial charge in [0.05, 0.1) is 6.61 Å². The Kier molecular flexibility index (Phi) is 4.80. The Morgan fingerprint density at radius 3 is 2.73 bits per heavy atom. The van der Waals surface area contributed by atoms with Crippen molar-refractivity contribution in [2.75, 3.05) is 19.7 Å². The summed E-state index contributed by atoms with van der Waals surface area (Å²) in [5.74, 6) is -0.396. The molecule has 4 heteroatoms. The Balaban J connectivity index is 2.56. The van der Waals surface area contributed by atoms with Crippen LogP contribution in [0.5, 0.6) is 0 Å². The van der Waals surface area contributed by atoms with Crippen LogP contribution in [0.25, 0.3) is 0 Å².